The molecule has 27 heavy (non-hydrogen) atoms. The molecular formula is C19H15N5O3. The Kier molecular flexibility index (Phi) is 3.60. The number of aromatic nitrogens is 5. The second kappa shape index (κ2) is 6.24. The average Bonchev–Trinajstić information content (AvgIpc) is 3.18. The van der Waals surface area contributed by atoms with E-state index in [4.69, 9.17) is 9.47 Å². The van der Waals surface area contributed by atoms with E-state index in [9.17, 15) is 4.79 Å². The summed E-state index contributed by atoms with van der Waals surface area (Å²) in [4.78, 5) is 17.0. The fourth-order valence-corrected chi connectivity index (χ4v) is 3.13. The van der Waals surface area contributed by atoms with Gasteiger partial charge in [0.25, 0.3) is 5.56 Å². The Balaban J connectivity index is 1.53. The van der Waals surface area contributed by atoms with E-state index in [1.54, 1.807) is 16.9 Å². The molecule has 0 radical (unpaired) electrons. The van der Waals surface area contributed by atoms with Gasteiger partial charge < -0.3 is 9.47 Å². The van der Waals surface area contributed by atoms with Gasteiger partial charge >= 0.3 is 0 Å². The van der Waals surface area contributed by atoms with Crippen molar-refractivity contribution in [3.05, 3.63) is 71.2 Å². The van der Waals surface area contributed by atoms with Gasteiger partial charge in [0, 0.05) is 11.5 Å². The Morgan fingerprint density at radius 1 is 1.00 bits per heavy atom. The van der Waals surface area contributed by atoms with Crippen LogP contribution in [0, 0.1) is 0 Å². The molecule has 2 aromatic heterocycles. The zero-order valence-corrected chi connectivity index (χ0v) is 14.3. The van der Waals surface area contributed by atoms with E-state index < -0.39 is 0 Å². The first kappa shape index (κ1) is 15.6. The third kappa shape index (κ3) is 2.71. The van der Waals surface area contributed by atoms with Crippen molar-refractivity contribution in [2.24, 2.45) is 0 Å². The van der Waals surface area contributed by atoms with E-state index in [0.717, 1.165) is 11.1 Å². The monoisotopic (exact) mass is 361 g/mol. The van der Waals surface area contributed by atoms with Crippen molar-refractivity contribution in [3.63, 3.8) is 0 Å². The van der Waals surface area contributed by atoms with Crippen LogP contribution in [-0.2, 0) is 6.54 Å². The summed E-state index contributed by atoms with van der Waals surface area (Å²) in [5.74, 6) is 1.97. The molecule has 3 heterocycles. The van der Waals surface area contributed by atoms with Gasteiger partial charge in [0.05, 0.1) is 17.3 Å². The second-order valence-corrected chi connectivity index (χ2v) is 6.11. The second-order valence-electron chi connectivity index (χ2n) is 6.11. The van der Waals surface area contributed by atoms with Crippen LogP contribution >= 0.6 is 0 Å². The molecule has 0 N–H and O–H groups in total. The van der Waals surface area contributed by atoms with Crippen LogP contribution in [0.15, 0.2) is 59.8 Å². The molecule has 8 nitrogen and oxygen atoms in total. The molecule has 0 amide bonds. The molecule has 4 aromatic rings. The molecule has 0 bridgehead atoms. The van der Waals surface area contributed by atoms with Crippen molar-refractivity contribution in [1.82, 2.24) is 24.5 Å². The van der Waals surface area contributed by atoms with Gasteiger partial charge in [0.2, 0.25) is 0 Å². The number of fused-ring (bicyclic) bond motifs is 2. The number of ether oxygens (including phenoxy) is 2. The SMILES string of the molecule is O=c1c2ccccc2cnn1Cc1ncnn1-c1ccc2c(c1)OCCO2. The number of rotatable bonds is 3. The summed E-state index contributed by atoms with van der Waals surface area (Å²) in [6.45, 7) is 1.26. The lowest BCUT2D eigenvalue weighted by Gasteiger charge is -2.19. The molecular weight excluding hydrogens is 346 g/mol. The third-order valence-electron chi connectivity index (χ3n) is 4.44. The lowest BCUT2D eigenvalue weighted by atomic mass is 10.2. The van der Waals surface area contributed by atoms with Crippen LogP contribution in [0.1, 0.15) is 5.82 Å². The minimum atomic E-state index is -0.162. The van der Waals surface area contributed by atoms with Gasteiger partial charge in [-0.1, -0.05) is 18.2 Å². The highest BCUT2D eigenvalue weighted by molar-refractivity contribution is 5.80. The number of nitrogens with zero attached hydrogens (tertiary/aromatic N) is 5. The zero-order valence-electron chi connectivity index (χ0n) is 14.3. The number of benzene rings is 2. The molecule has 134 valence electrons. The molecule has 0 unspecified atom stereocenters. The van der Waals surface area contributed by atoms with Crippen molar-refractivity contribution >= 4 is 10.8 Å². The average molecular weight is 361 g/mol. The molecule has 2 aromatic carbocycles. The number of hydrogen-bond acceptors (Lipinski definition) is 6. The zero-order chi connectivity index (χ0) is 18.2. The molecule has 8 heteroatoms. The highest BCUT2D eigenvalue weighted by atomic mass is 16.6. The molecule has 0 spiro atoms. The van der Waals surface area contributed by atoms with Crippen LogP contribution in [0.25, 0.3) is 16.5 Å². The summed E-state index contributed by atoms with van der Waals surface area (Å²) in [6.07, 6.45) is 3.14. The van der Waals surface area contributed by atoms with Gasteiger partial charge in [-0.05, 0) is 18.2 Å². The Morgan fingerprint density at radius 2 is 1.85 bits per heavy atom. The number of hydrogen-bond donors (Lipinski definition) is 0. The fraction of sp³-hybridized carbons (Fsp3) is 0.158. The highest BCUT2D eigenvalue weighted by Gasteiger charge is 2.15. The first-order chi connectivity index (χ1) is 13.3. The van der Waals surface area contributed by atoms with E-state index in [2.05, 4.69) is 15.2 Å². The minimum absolute atomic E-state index is 0.162. The minimum Gasteiger partial charge on any atom is -0.486 e. The van der Waals surface area contributed by atoms with Crippen LogP contribution in [0.3, 0.4) is 0 Å². The van der Waals surface area contributed by atoms with Gasteiger partial charge in [-0.3, -0.25) is 4.79 Å². The predicted molar refractivity (Wildman–Crippen MR) is 97.5 cm³/mol. The Bertz CT molecular complexity index is 1200. The largest absolute Gasteiger partial charge is 0.486 e. The maximum Gasteiger partial charge on any atom is 0.275 e. The van der Waals surface area contributed by atoms with Crippen LogP contribution in [0.5, 0.6) is 11.5 Å². The molecule has 0 saturated carbocycles. The van der Waals surface area contributed by atoms with E-state index in [-0.39, 0.29) is 12.1 Å². The van der Waals surface area contributed by atoms with E-state index in [1.807, 2.05) is 36.4 Å². The smallest absolute Gasteiger partial charge is 0.275 e. The van der Waals surface area contributed by atoms with Crippen LogP contribution in [0.2, 0.25) is 0 Å². The molecule has 1 aliphatic heterocycles. The van der Waals surface area contributed by atoms with Crippen molar-refractivity contribution in [2.45, 2.75) is 6.54 Å². The van der Waals surface area contributed by atoms with Gasteiger partial charge in [-0.25, -0.2) is 14.3 Å². The lowest BCUT2D eigenvalue weighted by molar-refractivity contribution is 0.171. The van der Waals surface area contributed by atoms with E-state index >= 15 is 0 Å². The van der Waals surface area contributed by atoms with E-state index in [1.165, 1.54) is 11.0 Å². The highest BCUT2D eigenvalue weighted by Crippen LogP contribution is 2.32. The van der Waals surface area contributed by atoms with Crippen molar-refractivity contribution in [2.75, 3.05) is 13.2 Å². The molecule has 0 aliphatic carbocycles. The summed E-state index contributed by atoms with van der Waals surface area (Å²) in [6, 6.07) is 13.0. The summed E-state index contributed by atoms with van der Waals surface area (Å²) >= 11 is 0. The standard InChI is InChI=1S/C19H15N5O3/c25-19-15-4-2-1-3-13(15)10-21-23(19)11-18-20-12-22-24(18)14-5-6-16-17(9-14)27-8-7-26-16/h1-6,9-10,12H,7-8,11H2. The summed E-state index contributed by atoms with van der Waals surface area (Å²) in [7, 11) is 0. The van der Waals surface area contributed by atoms with Crippen molar-refractivity contribution in [1.29, 1.82) is 0 Å². The first-order valence-corrected chi connectivity index (χ1v) is 8.53. The van der Waals surface area contributed by atoms with Gasteiger partial charge in [0.15, 0.2) is 17.3 Å². The van der Waals surface area contributed by atoms with Gasteiger partial charge in [0.1, 0.15) is 26.1 Å². The lowest BCUT2D eigenvalue weighted by Crippen LogP contribution is -2.25. The first-order valence-electron chi connectivity index (χ1n) is 8.53. The summed E-state index contributed by atoms with van der Waals surface area (Å²) < 4.78 is 14.2. The van der Waals surface area contributed by atoms with Gasteiger partial charge in [-0.15, -0.1) is 0 Å². The van der Waals surface area contributed by atoms with Crippen LogP contribution in [0.4, 0.5) is 0 Å². The van der Waals surface area contributed by atoms with Crippen LogP contribution in [-0.4, -0.2) is 37.8 Å². The molecule has 0 saturated heterocycles. The topological polar surface area (TPSA) is 84.1 Å². The third-order valence-corrected chi connectivity index (χ3v) is 4.44. The summed E-state index contributed by atoms with van der Waals surface area (Å²) in [5, 5.41) is 9.99. The van der Waals surface area contributed by atoms with Crippen molar-refractivity contribution < 1.29 is 9.47 Å². The molecule has 5 rings (SSSR count). The predicted octanol–water partition coefficient (Wildman–Crippen LogP) is 1.80. The Morgan fingerprint density at radius 3 is 2.78 bits per heavy atom. The van der Waals surface area contributed by atoms with Gasteiger partial charge in [-0.2, -0.15) is 10.2 Å². The maximum atomic E-state index is 12.7. The Hall–Kier alpha value is -3.68. The molecule has 0 fully saturated rings. The fourth-order valence-electron chi connectivity index (χ4n) is 3.13. The van der Waals surface area contributed by atoms with Crippen molar-refractivity contribution in [3.8, 4) is 17.2 Å². The summed E-state index contributed by atoms with van der Waals surface area (Å²) in [5.41, 5.74) is 0.616. The quantitative estimate of drug-likeness (QED) is 0.553. The molecule has 1 aliphatic rings. The Labute approximate surface area is 153 Å². The van der Waals surface area contributed by atoms with Crippen LogP contribution < -0.4 is 15.0 Å². The maximum absolute atomic E-state index is 12.7. The normalized spacial score (nSPS) is 13.0. The molecule has 0 atom stereocenters. The van der Waals surface area contributed by atoms with E-state index in [0.29, 0.717) is 35.9 Å².